The maximum atomic E-state index is 12.6. The van der Waals surface area contributed by atoms with Crippen LogP contribution in [0, 0.1) is 0 Å². The maximum Gasteiger partial charge on any atom is 0.226 e. The Morgan fingerprint density at radius 2 is 2.26 bits per heavy atom. The second-order valence-electron chi connectivity index (χ2n) is 6.54. The number of aryl methyl sites for hydroxylation is 1. The summed E-state index contributed by atoms with van der Waals surface area (Å²) >= 11 is 1.58. The van der Waals surface area contributed by atoms with Gasteiger partial charge in [-0.1, -0.05) is 17.3 Å². The van der Waals surface area contributed by atoms with Crippen LogP contribution in [0.15, 0.2) is 40.2 Å². The van der Waals surface area contributed by atoms with E-state index in [1.807, 2.05) is 34.5 Å². The number of thiophene rings is 1. The molecule has 7 heteroatoms. The maximum absolute atomic E-state index is 12.6. The number of nitrogens with zero attached hydrogens (tertiary/aromatic N) is 3. The van der Waals surface area contributed by atoms with E-state index in [1.54, 1.807) is 18.4 Å². The Kier molecular flexibility index (Phi) is 5.20. The molecule has 0 radical (unpaired) electrons. The average Bonchev–Trinajstić information content (AvgIpc) is 3.38. The minimum Gasteiger partial charge on any atom is -0.497 e. The van der Waals surface area contributed by atoms with Gasteiger partial charge in [-0.2, -0.15) is 4.98 Å². The van der Waals surface area contributed by atoms with Crippen molar-refractivity contribution in [3.8, 4) is 16.5 Å². The zero-order valence-electron chi connectivity index (χ0n) is 15.2. The Morgan fingerprint density at radius 1 is 1.33 bits per heavy atom. The van der Waals surface area contributed by atoms with Crippen molar-refractivity contribution in [3.63, 3.8) is 0 Å². The van der Waals surface area contributed by atoms with Gasteiger partial charge in [0.25, 0.3) is 0 Å². The summed E-state index contributed by atoms with van der Waals surface area (Å²) in [7, 11) is 1.66. The number of amides is 1. The highest BCUT2D eigenvalue weighted by Gasteiger charge is 2.21. The van der Waals surface area contributed by atoms with E-state index in [0.29, 0.717) is 37.5 Å². The summed E-state index contributed by atoms with van der Waals surface area (Å²) in [6.07, 6.45) is 2.68. The van der Waals surface area contributed by atoms with Crippen LogP contribution in [0.2, 0.25) is 0 Å². The lowest BCUT2D eigenvalue weighted by Gasteiger charge is -2.29. The van der Waals surface area contributed by atoms with Crippen molar-refractivity contribution in [2.75, 3.05) is 13.7 Å². The third-order valence-electron chi connectivity index (χ3n) is 4.77. The number of ether oxygens (including phenoxy) is 1. The molecule has 0 N–H and O–H groups in total. The van der Waals surface area contributed by atoms with Crippen molar-refractivity contribution < 1.29 is 14.1 Å². The third kappa shape index (κ3) is 4.03. The Bertz CT molecular complexity index is 920. The van der Waals surface area contributed by atoms with Gasteiger partial charge in [0.2, 0.25) is 17.6 Å². The molecule has 0 saturated heterocycles. The number of carbonyl (C=O) groups excluding carboxylic acids is 1. The molecule has 1 aliphatic heterocycles. The van der Waals surface area contributed by atoms with Crippen molar-refractivity contribution in [2.45, 2.75) is 32.2 Å². The van der Waals surface area contributed by atoms with Gasteiger partial charge < -0.3 is 14.2 Å². The molecule has 0 saturated carbocycles. The molecule has 0 spiro atoms. The fourth-order valence-corrected chi connectivity index (χ4v) is 3.93. The van der Waals surface area contributed by atoms with E-state index in [2.05, 4.69) is 16.2 Å². The molecular weight excluding hydrogens is 362 g/mol. The summed E-state index contributed by atoms with van der Waals surface area (Å²) in [6, 6.07) is 10.0. The molecule has 3 aromatic rings. The van der Waals surface area contributed by atoms with E-state index >= 15 is 0 Å². The highest BCUT2D eigenvalue weighted by molar-refractivity contribution is 7.13. The quantitative estimate of drug-likeness (QED) is 0.649. The van der Waals surface area contributed by atoms with Crippen molar-refractivity contribution in [3.05, 3.63) is 52.7 Å². The summed E-state index contributed by atoms with van der Waals surface area (Å²) in [5.74, 6) is 2.20. The summed E-state index contributed by atoms with van der Waals surface area (Å²) in [5.41, 5.74) is 2.47. The number of aromatic nitrogens is 2. The number of methoxy groups -OCH3 is 1. The van der Waals surface area contributed by atoms with E-state index in [1.165, 1.54) is 11.1 Å². The lowest BCUT2D eigenvalue weighted by atomic mass is 9.99. The molecular formula is C20H21N3O3S. The van der Waals surface area contributed by atoms with Gasteiger partial charge >= 0.3 is 0 Å². The number of hydrogen-bond donors (Lipinski definition) is 0. The summed E-state index contributed by atoms with van der Waals surface area (Å²) in [4.78, 5) is 19.9. The number of benzene rings is 1. The van der Waals surface area contributed by atoms with Crippen LogP contribution in [0.25, 0.3) is 10.7 Å². The Labute approximate surface area is 161 Å². The normalized spacial score (nSPS) is 13.4. The zero-order chi connectivity index (χ0) is 18.6. The predicted molar refractivity (Wildman–Crippen MR) is 103 cm³/mol. The van der Waals surface area contributed by atoms with Crippen molar-refractivity contribution >= 4 is 17.2 Å². The van der Waals surface area contributed by atoms with Crippen molar-refractivity contribution in [1.29, 1.82) is 0 Å². The van der Waals surface area contributed by atoms with E-state index in [-0.39, 0.29) is 5.91 Å². The highest BCUT2D eigenvalue weighted by atomic mass is 32.1. The van der Waals surface area contributed by atoms with Crippen molar-refractivity contribution in [1.82, 2.24) is 15.0 Å². The fourth-order valence-electron chi connectivity index (χ4n) is 3.28. The zero-order valence-corrected chi connectivity index (χ0v) is 16.0. The highest BCUT2D eigenvalue weighted by Crippen LogP contribution is 2.25. The first-order valence-electron chi connectivity index (χ1n) is 9.03. The minimum atomic E-state index is 0.168. The van der Waals surface area contributed by atoms with Gasteiger partial charge in [-0.15, -0.1) is 11.3 Å². The number of carbonyl (C=O) groups is 1. The lowest BCUT2D eigenvalue weighted by Crippen LogP contribution is -2.35. The van der Waals surface area contributed by atoms with Gasteiger partial charge in [0, 0.05) is 25.9 Å². The minimum absolute atomic E-state index is 0.168. The molecule has 1 aromatic carbocycles. The predicted octanol–water partition coefficient (Wildman–Crippen LogP) is 3.71. The molecule has 3 heterocycles. The lowest BCUT2D eigenvalue weighted by molar-refractivity contribution is -0.132. The second-order valence-corrected chi connectivity index (χ2v) is 7.49. The number of hydrogen-bond acceptors (Lipinski definition) is 6. The first kappa shape index (κ1) is 17.7. The number of rotatable bonds is 6. The molecule has 140 valence electrons. The Balaban J connectivity index is 1.30. The van der Waals surface area contributed by atoms with Gasteiger partial charge in [0.05, 0.1) is 12.0 Å². The summed E-state index contributed by atoms with van der Waals surface area (Å²) in [5, 5.41) is 5.99. The molecule has 27 heavy (non-hydrogen) atoms. The standard InChI is InChI=1S/C20H21N3O3S/c1-25-16-8-7-14-9-10-23(13-15(14)12-16)19(24)6-2-5-18-21-20(22-26-18)17-4-3-11-27-17/h3-4,7-8,11-12H,2,5-6,9-10,13H2,1H3. The first-order valence-corrected chi connectivity index (χ1v) is 9.91. The largest absolute Gasteiger partial charge is 0.497 e. The molecule has 0 bridgehead atoms. The molecule has 1 aliphatic rings. The molecule has 0 fully saturated rings. The van der Waals surface area contributed by atoms with E-state index in [0.717, 1.165) is 23.6 Å². The first-order chi connectivity index (χ1) is 13.2. The van der Waals surface area contributed by atoms with Crippen LogP contribution in [0.3, 0.4) is 0 Å². The van der Waals surface area contributed by atoms with E-state index in [9.17, 15) is 4.79 Å². The smallest absolute Gasteiger partial charge is 0.226 e. The summed E-state index contributed by atoms with van der Waals surface area (Å²) in [6.45, 7) is 1.41. The second kappa shape index (κ2) is 7.92. The van der Waals surface area contributed by atoms with Gasteiger partial charge in [-0.05, 0) is 47.5 Å². The Morgan fingerprint density at radius 3 is 3.07 bits per heavy atom. The van der Waals surface area contributed by atoms with Gasteiger partial charge in [0.15, 0.2) is 0 Å². The summed E-state index contributed by atoms with van der Waals surface area (Å²) < 4.78 is 10.6. The SMILES string of the molecule is COc1ccc2c(c1)CN(C(=O)CCCc1nc(-c3cccs3)no1)CC2. The van der Waals surface area contributed by atoms with E-state index in [4.69, 9.17) is 9.26 Å². The van der Waals surface area contributed by atoms with Crippen LogP contribution in [0.4, 0.5) is 0 Å². The Hall–Kier alpha value is -2.67. The third-order valence-corrected chi connectivity index (χ3v) is 5.64. The molecule has 1 amide bonds. The van der Waals surface area contributed by atoms with Gasteiger partial charge in [0.1, 0.15) is 5.75 Å². The molecule has 4 rings (SSSR count). The fraction of sp³-hybridized carbons (Fsp3) is 0.350. The van der Waals surface area contributed by atoms with Crippen molar-refractivity contribution in [2.24, 2.45) is 0 Å². The molecule has 0 aliphatic carbocycles. The van der Waals surface area contributed by atoms with Crippen LogP contribution in [0.1, 0.15) is 29.9 Å². The van der Waals surface area contributed by atoms with Gasteiger partial charge in [-0.25, -0.2) is 0 Å². The molecule has 0 atom stereocenters. The number of fused-ring (bicyclic) bond motifs is 1. The molecule has 6 nitrogen and oxygen atoms in total. The average molecular weight is 383 g/mol. The van der Waals surface area contributed by atoms with Crippen LogP contribution < -0.4 is 4.74 Å². The monoisotopic (exact) mass is 383 g/mol. The van der Waals surface area contributed by atoms with Crippen LogP contribution in [-0.2, 0) is 24.2 Å². The van der Waals surface area contributed by atoms with Crippen LogP contribution >= 0.6 is 11.3 Å². The van der Waals surface area contributed by atoms with Crippen LogP contribution in [0.5, 0.6) is 5.75 Å². The molecule has 2 aromatic heterocycles. The van der Waals surface area contributed by atoms with E-state index < -0.39 is 0 Å². The molecule has 0 unspecified atom stereocenters. The topological polar surface area (TPSA) is 68.5 Å². The van der Waals surface area contributed by atoms with Gasteiger partial charge in [-0.3, -0.25) is 4.79 Å². The van der Waals surface area contributed by atoms with Crippen LogP contribution in [-0.4, -0.2) is 34.6 Å².